The van der Waals surface area contributed by atoms with E-state index in [2.05, 4.69) is 0 Å². The zero-order valence-corrected chi connectivity index (χ0v) is 12.4. The summed E-state index contributed by atoms with van der Waals surface area (Å²) < 4.78 is 68.8. The Balaban J connectivity index is -0.0000000457. The van der Waals surface area contributed by atoms with E-state index >= 15 is 0 Å². The van der Waals surface area contributed by atoms with E-state index in [1.54, 1.807) is 0 Å². The molecule has 0 saturated carbocycles. The van der Waals surface area contributed by atoms with Crippen molar-refractivity contribution in [2.75, 3.05) is 0 Å². The first kappa shape index (κ1) is 23.8. The van der Waals surface area contributed by atoms with Gasteiger partial charge in [-0.05, 0) is 0 Å². The fourth-order valence-electron chi connectivity index (χ4n) is 0. The molecule has 0 spiro atoms. The van der Waals surface area contributed by atoms with Crippen LogP contribution in [0.4, 0.5) is 0 Å². The summed E-state index contributed by atoms with van der Waals surface area (Å²) in [6, 6.07) is 0. The maximum atomic E-state index is 8.59. The quantitative estimate of drug-likeness (QED) is 0.397. The van der Waals surface area contributed by atoms with Crippen LogP contribution >= 0.6 is 0 Å². The van der Waals surface area contributed by atoms with E-state index < -0.39 is 27.2 Å². The van der Waals surface area contributed by atoms with Crippen molar-refractivity contribution < 1.29 is 128 Å². The van der Waals surface area contributed by atoms with Crippen LogP contribution in [0, 0.1) is 0 Å². The Kier molecular flexibility index (Phi) is 19.5. The molecule has 0 aromatic carbocycles. The Morgan fingerprint density at radius 1 is 0.667 bits per heavy atom. The Morgan fingerprint density at radius 3 is 0.667 bits per heavy atom. The Hall–Kier alpha value is 2.27. The number of hydrogen-bond donors (Lipinski definition) is 0. The zero-order chi connectivity index (χ0) is 9.00. The van der Waals surface area contributed by atoms with Crippen LogP contribution in [0.2, 0.25) is 0 Å². The summed E-state index contributed by atoms with van der Waals surface area (Å²) in [5.74, 6) is 0. The Morgan fingerprint density at radius 2 is 0.667 bits per heavy atom. The molecule has 0 amide bonds. The molecule has 0 N–H and O–H groups in total. The van der Waals surface area contributed by atoms with E-state index in [4.69, 9.17) is 31.8 Å². The molecule has 0 aromatic heterocycles. The average Bonchev–Trinajstić information content (AvgIpc) is 1.12. The van der Waals surface area contributed by atoms with Gasteiger partial charge in [0.25, 0.3) is 0 Å². The van der Waals surface area contributed by atoms with Crippen LogP contribution in [-0.2, 0) is 59.8 Å². The standard InChI is InChI=1S/3Cr.K.8O/q;;+3;+1;;;;;4*-1. The summed E-state index contributed by atoms with van der Waals surface area (Å²) in [6.07, 6.45) is 0. The summed E-state index contributed by atoms with van der Waals surface area (Å²) in [6.45, 7) is 0. The minimum atomic E-state index is -5.75. The predicted molar refractivity (Wildman–Crippen MR) is 2.75 cm³/mol. The van der Waals surface area contributed by atoms with Gasteiger partial charge in [-0.3, -0.25) is 0 Å². The topological polar surface area (TPSA) is 161 Å². The molecule has 1 radical (unpaired) electrons. The van der Waals surface area contributed by atoms with Crippen molar-refractivity contribution in [1.82, 2.24) is 0 Å². The van der Waals surface area contributed by atoms with E-state index in [1.165, 1.54) is 0 Å². The van der Waals surface area contributed by atoms with Gasteiger partial charge in [0.2, 0.25) is 0 Å². The van der Waals surface area contributed by atoms with Crippen LogP contribution in [-0.4, -0.2) is 0 Å². The van der Waals surface area contributed by atoms with Gasteiger partial charge < -0.3 is 0 Å². The van der Waals surface area contributed by atoms with Gasteiger partial charge in [-0.2, -0.15) is 0 Å². The van der Waals surface area contributed by atoms with E-state index in [9.17, 15) is 0 Å². The molecule has 0 aromatic rings. The van der Waals surface area contributed by atoms with Crippen molar-refractivity contribution in [3.63, 3.8) is 0 Å². The summed E-state index contributed by atoms with van der Waals surface area (Å²) in [5.41, 5.74) is 0. The first-order valence-corrected chi connectivity index (χ1v) is 5.50. The summed E-state index contributed by atoms with van der Waals surface area (Å²) in [5, 5.41) is 0. The van der Waals surface area contributed by atoms with Crippen molar-refractivity contribution >= 4 is 0 Å². The van der Waals surface area contributed by atoms with Gasteiger partial charge in [-0.25, -0.2) is 0 Å². The molecule has 0 aliphatic heterocycles. The number of rotatable bonds is 0. The van der Waals surface area contributed by atoms with Crippen molar-refractivity contribution in [2.24, 2.45) is 0 Å². The first-order chi connectivity index (χ1) is 4.00. The molecule has 0 fully saturated rings. The van der Waals surface area contributed by atoms with Crippen molar-refractivity contribution in [1.29, 1.82) is 0 Å². The molecular formula is Cr3KO8. The van der Waals surface area contributed by atoms with Gasteiger partial charge in [-0.1, -0.05) is 0 Å². The molecule has 0 heterocycles. The second-order valence-electron chi connectivity index (χ2n) is 0.816. The van der Waals surface area contributed by atoms with Crippen LogP contribution in [0.3, 0.4) is 0 Å². The molecule has 0 bridgehead atoms. The van der Waals surface area contributed by atoms with Gasteiger partial charge in [0.15, 0.2) is 0 Å². The van der Waals surface area contributed by atoms with E-state index in [0.717, 1.165) is 0 Å². The average molecular weight is 323 g/mol. The minimum absolute atomic E-state index is 0. The third-order valence-electron chi connectivity index (χ3n) is 0. The van der Waals surface area contributed by atoms with E-state index in [-0.39, 0.29) is 68.7 Å². The summed E-state index contributed by atoms with van der Waals surface area (Å²) in [4.78, 5) is 0. The van der Waals surface area contributed by atoms with Gasteiger partial charge in [-0.15, -0.1) is 0 Å². The molecule has 67 valence electrons. The van der Waals surface area contributed by atoms with Crippen LogP contribution in [0.15, 0.2) is 0 Å². The van der Waals surface area contributed by atoms with Crippen LogP contribution in [0.5, 0.6) is 0 Å². The Labute approximate surface area is 125 Å². The van der Waals surface area contributed by atoms with Crippen molar-refractivity contribution in [3.8, 4) is 0 Å². The molecule has 0 aliphatic carbocycles. The summed E-state index contributed by atoms with van der Waals surface area (Å²) in [7, 11) is 0. The second kappa shape index (κ2) is 9.81. The molecular weight excluding hydrogens is 323 g/mol. The SMILES string of the molecule is [Cr+3].[K+].[O]=[Cr](=[O])([O-])[O-].[O]=[Cr](=[O])([O-])[O-]. The fourth-order valence-corrected chi connectivity index (χ4v) is 0. The third-order valence-corrected chi connectivity index (χ3v) is 0. The fraction of sp³-hybridized carbons (Fsp3) is 0. The molecule has 0 saturated heterocycles. The van der Waals surface area contributed by atoms with Crippen molar-refractivity contribution in [3.05, 3.63) is 0 Å². The first-order valence-electron chi connectivity index (χ1n) is 1.33. The molecule has 0 unspecified atom stereocenters. The molecule has 0 atom stereocenters. The molecule has 8 nitrogen and oxygen atoms in total. The van der Waals surface area contributed by atoms with E-state index in [1.807, 2.05) is 0 Å². The van der Waals surface area contributed by atoms with Crippen molar-refractivity contribution in [2.45, 2.75) is 0 Å². The van der Waals surface area contributed by atoms with Crippen LogP contribution in [0.1, 0.15) is 0 Å². The van der Waals surface area contributed by atoms with Gasteiger partial charge in [0.05, 0.1) is 0 Å². The third kappa shape index (κ3) is 302. The Bertz CT molecular complexity index is 211. The second-order valence-corrected chi connectivity index (χ2v) is 3.37. The zero-order valence-electron chi connectivity index (χ0n) is 5.49. The predicted octanol–water partition coefficient (Wildman–Crippen LogP) is -8.23. The normalized spacial score (nSPS) is 9.67. The van der Waals surface area contributed by atoms with Crippen LogP contribution < -0.4 is 68.0 Å². The number of hydrogen-bond acceptors (Lipinski definition) is 8. The van der Waals surface area contributed by atoms with Gasteiger partial charge in [0, 0.05) is 0 Å². The monoisotopic (exact) mass is 323 g/mol. The molecule has 0 aliphatic rings. The molecule has 12 heteroatoms. The van der Waals surface area contributed by atoms with Crippen LogP contribution in [0.25, 0.3) is 0 Å². The van der Waals surface area contributed by atoms with Gasteiger partial charge in [0.1, 0.15) is 0 Å². The summed E-state index contributed by atoms with van der Waals surface area (Å²) >= 11 is -11.5. The van der Waals surface area contributed by atoms with Gasteiger partial charge >= 0.3 is 128 Å². The molecule has 0 rings (SSSR count). The maximum absolute atomic E-state index is 8.59. The molecule has 12 heavy (non-hydrogen) atoms. The van der Waals surface area contributed by atoms with E-state index in [0.29, 0.717) is 0 Å².